The van der Waals surface area contributed by atoms with Gasteiger partial charge in [-0.25, -0.2) is 9.97 Å². The molecule has 0 saturated carbocycles. The summed E-state index contributed by atoms with van der Waals surface area (Å²) in [6.07, 6.45) is 3.49. The quantitative estimate of drug-likeness (QED) is 0.395. The lowest BCUT2D eigenvalue weighted by atomic mass is 10.1. The maximum absolute atomic E-state index is 12.9. The standard InChI is InChI=1S/C23H20N6O2/c1-31-13-20(14-5-3-2-4-6-14)27-23(30)22-25-18-11-16-17(12-19(18)26-22)28-29-21(16)15-7-9-24-10-8-15/h2-12,20,28-29H,13H2,1H3,(H,27,30)/t20-/m1/s1. The van der Waals surface area contributed by atoms with E-state index in [9.17, 15) is 4.79 Å². The topological polar surface area (TPSA) is 109 Å². The lowest BCUT2D eigenvalue weighted by molar-refractivity contribution is 0.0887. The molecule has 0 spiro atoms. The maximum Gasteiger partial charge on any atom is 0.289 e. The van der Waals surface area contributed by atoms with Gasteiger partial charge in [-0.05, 0) is 29.8 Å². The smallest absolute Gasteiger partial charge is 0.289 e. The van der Waals surface area contributed by atoms with Crippen LogP contribution >= 0.6 is 0 Å². The second-order valence-corrected chi connectivity index (χ2v) is 7.19. The molecule has 3 aromatic heterocycles. The van der Waals surface area contributed by atoms with Crippen LogP contribution in [0.15, 0.2) is 67.0 Å². The highest BCUT2D eigenvalue weighted by atomic mass is 16.5. The Balaban J connectivity index is 1.47. The molecule has 5 rings (SSSR count). The van der Waals surface area contributed by atoms with Crippen LogP contribution in [-0.4, -0.2) is 44.8 Å². The molecule has 8 nitrogen and oxygen atoms in total. The second kappa shape index (κ2) is 8.00. The van der Waals surface area contributed by atoms with Gasteiger partial charge in [-0.15, -0.1) is 0 Å². The van der Waals surface area contributed by atoms with Crippen LogP contribution in [0.25, 0.3) is 33.2 Å². The Labute approximate surface area is 177 Å². The number of H-pyrrole nitrogens is 2. The summed E-state index contributed by atoms with van der Waals surface area (Å²) in [7, 11) is 1.61. The van der Waals surface area contributed by atoms with Crippen LogP contribution in [0.3, 0.4) is 0 Å². The second-order valence-electron chi connectivity index (χ2n) is 7.19. The zero-order valence-electron chi connectivity index (χ0n) is 16.8. The molecule has 154 valence electrons. The Morgan fingerprint density at radius 1 is 1.03 bits per heavy atom. The predicted octanol–water partition coefficient (Wildman–Crippen LogP) is 3.62. The van der Waals surface area contributed by atoms with Crippen molar-refractivity contribution in [2.24, 2.45) is 0 Å². The molecule has 5 aromatic rings. The number of methoxy groups -OCH3 is 1. The van der Waals surface area contributed by atoms with E-state index in [2.05, 4.69) is 30.5 Å². The third-order valence-electron chi connectivity index (χ3n) is 5.17. The summed E-state index contributed by atoms with van der Waals surface area (Å²) in [6.45, 7) is 0.351. The fraction of sp³-hybridized carbons (Fsp3) is 0.130. The molecule has 0 bridgehead atoms. The Morgan fingerprint density at radius 2 is 1.77 bits per heavy atom. The molecule has 1 atom stereocenters. The highest BCUT2D eigenvalue weighted by Gasteiger charge is 2.20. The van der Waals surface area contributed by atoms with Crippen LogP contribution in [0.4, 0.5) is 0 Å². The van der Waals surface area contributed by atoms with Crippen LogP contribution in [-0.2, 0) is 4.74 Å². The Kier molecular flexibility index (Phi) is 4.89. The van der Waals surface area contributed by atoms with Crippen molar-refractivity contribution in [2.75, 3.05) is 13.7 Å². The van der Waals surface area contributed by atoms with Gasteiger partial charge < -0.3 is 15.2 Å². The summed E-state index contributed by atoms with van der Waals surface area (Å²) < 4.78 is 5.28. The number of imidazole rings is 1. The highest BCUT2D eigenvalue weighted by molar-refractivity contribution is 6.02. The first-order chi connectivity index (χ1) is 15.2. The van der Waals surface area contributed by atoms with E-state index < -0.39 is 0 Å². The summed E-state index contributed by atoms with van der Waals surface area (Å²) in [4.78, 5) is 25.9. The number of ether oxygens (including phenoxy) is 1. The van der Waals surface area contributed by atoms with Crippen LogP contribution < -0.4 is 5.32 Å². The van der Waals surface area contributed by atoms with Gasteiger partial charge in [0.05, 0.1) is 34.9 Å². The molecule has 8 heteroatoms. The van der Waals surface area contributed by atoms with Crippen molar-refractivity contribution < 1.29 is 9.53 Å². The number of hydrogen-bond donors (Lipinski definition) is 3. The molecule has 31 heavy (non-hydrogen) atoms. The van der Waals surface area contributed by atoms with Crippen molar-refractivity contribution in [3.63, 3.8) is 0 Å². The van der Waals surface area contributed by atoms with E-state index in [-0.39, 0.29) is 17.8 Å². The fourth-order valence-corrected chi connectivity index (χ4v) is 3.66. The normalized spacial score (nSPS) is 12.3. The van der Waals surface area contributed by atoms with Gasteiger partial charge in [-0.2, -0.15) is 0 Å². The van der Waals surface area contributed by atoms with E-state index in [1.54, 1.807) is 19.5 Å². The molecule has 0 fully saturated rings. The van der Waals surface area contributed by atoms with Crippen molar-refractivity contribution in [1.82, 2.24) is 30.5 Å². The Hall–Kier alpha value is -4.04. The number of nitrogens with zero attached hydrogens (tertiary/aromatic N) is 3. The first-order valence-corrected chi connectivity index (χ1v) is 9.86. The van der Waals surface area contributed by atoms with Crippen molar-refractivity contribution >= 4 is 27.8 Å². The number of benzene rings is 2. The maximum atomic E-state index is 12.9. The summed E-state index contributed by atoms with van der Waals surface area (Å²) in [6, 6.07) is 17.1. The zero-order chi connectivity index (χ0) is 21.2. The summed E-state index contributed by atoms with van der Waals surface area (Å²) in [5.74, 6) is -0.208. The first-order valence-electron chi connectivity index (χ1n) is 9.86. The van der Waals surface area contributed by atoms with E-state index in [0.29, 0.717) is 17.6 Å². The number of aromatic nitrogens is 5. The molecule has 0 aliphatic carbocycles. The van der Waals surface area contributed by atoms with Crippen molar-refractivity contribution in [3.8, 4) is 11.3 Å². The predicted molar refractivity (Wildman–Crippen MR) is 118 cm³/mol. The monoisotopic (exact) mass is 412 g/mol. The SMILES string of the molecule is COC[C@@H](NC(=O)c1nc2cc3[nH][nH]c(-c4ccncc4)c3cc2n1)c1ccccc1. The number of hydrogen-bond acceptors (Lipinski definition) is 5. The van der Waals surface area contributed by atoms with Gasteiger partial charge in [0.15, 0.2) is 0 Å². The van der Waals surface area contributed by atoms with Crippen LogP contribution in [0, 0.1) is 0 Å². The van der Waals surface area contributed by atoms with Crippen LogP contribution in [0.5, 0.6) is 0 Å². The third-order valence-corrected chi connectivity index (χ3v) is 5.17. The Morgan fingerprint density at radius 3 is 2.52 bits per heavy atom. The number of rotatable bonds is 6. The molecule has 1 amide bonds. The van der Waals surface area contributed by atoms with E-state index in [0.717, 1.165) is 27.7 Å². The van der Waals surface area contributed by atoms with E-state index >= 15 is 0 Å². The van der Waals surface area contributed by atoms with Gasteiger partial charge in [-0.1, -0.05) is 30.3 Å². The largest absolute Gasteiger partial charge is 0.382 e. The Bertz CT molecular complexity index is 1340. The average molecular weight is 412 g/mol. The zero-order valence-corrected chi connectivity index (χ0v) is 16.8. The number of amides is 1. The number of carbonyl (C=O) groups is 1. The number of pyridine rings is 1. The van der Waals surface area contributed by atoms with E-state index in [1.807, 2.05) is 54.6 Å². The molecule has 3 N–H and O–H groups in total. The molecule has 0 aliphatic heterocycles. The van der Waals surface area contributed by atoms with Crippen LogP contribution in [0.1, 0.15) is 22.2 Å². The lowest BCUT2D eigenvalue weighted by Crippen LogP contribution is -2.32. The van der Waals surface area contributed by atoms with Gasteiger partial charge in [-0.3, -0.25) is 14.9 Å². The minimum Gasteiger partial charge on any atom is -0.382 e. The summed E-state index contributed by atoms with van der Waals surface area (Å²) in [5, 5.41) is 10.3. The molecule has 3 heterocycles. The summed E-state index contributed by atoms with van der Waals surface area (Å²) >= 11 is 0. The fourth-order valence-electron chi connectivity index (χ4n) is 3.66. The number of fused-ring (bicyclic) bond motifs is 2. The van der Waals surface area contributed by atoms with Gasteiger partial charge >= 0.3 is 0 Å². The molecular weight excluding hydrogens is 392 g/mol. The number of aromatic amines is 2. The molecule has 0 aliphatic rings. The molecular formula is C23H20N6O2. The van der Waals surface area contributed by atoms with E-state index in [1.165, 1.54) is 0 Å². The van der Waals surface area contributed by atoms with Crippen molar-refractivity contribution in [1.29, 1.82) is 0 Å². The third kappa shape index (κ3) is 3.64. The summed E-state index contributed by atoms with van der Waals surface area (Å²) in [5.41, 5.74) is 5.08. The molecule has 2 aromatic carbocycles. The lowest BCUT2D eigenvalue weighted by Gasteiger charge is -2.17. The highest BCUT2D eigenvalue weighted by Crippen LogP contribution is 2.29. The first kappa shape index (κ1) is 19.0. The minimum atomic E-state index is -0.341. The molecule has 0 saturated heterocycles. The van der Waals surface area contributed by atoms with Crippen molar-refractivity contribution in [2.45, 2.75) is 6.04 Å². The van der Waals surface area contributed by atoms with Gasteiger partial charge in [0.2, 0.25) is 5.82 Å². The van der Waals surface area contributed by atoms with E-state index in [4.69, 9.17) is 4.74 Å². The van der Waals surface area contributed by atoms with Crippen LogP contribution in [0.2, 0.25) is 0 Å². The van der Waals surface area contributed by atoms with Crippen molar-refractivity contribution in [3.05, 3.63) is 78.4 Å². The number of carbonyl (C=O) groups excluding carboxylic acids is 1. The van der Waals surface area contributed by atoms with Gasteiger partial charge in [0, 0.05) is 30.5 Å². The molecule has 0 unspecified atom stereocenters. The van der Waals surface area contributed by atoms with Gasteiger partial charge in [0.25, 0.3) is 5.91 Å². The number of nitrogens with one attached hydrogen (secondary N) is 3. The minimum absolute atomic E-state index is 0.133. The molecule has 0 radical (unpaired) electrons. The average Bonchev–Trinajstić information content (AvgIpc) is 3.42. The van der Waals surface area contributed by atoms with Gasteiger partial charge in [0.1, 0.15) is 0 Å².